The van der Waals surface area contributed by atoms with Gasteiger partial charge in [0.05, 0.1) is 19.3 Å². The molecule has 2 N–H and O–H groups in total. The number of hydrogen-bond acceptors (Lipinski definition) is 5. The van der Waals surface area contributed by atoms with Gasteiger partial charge in [-0.15, -0.1) is 24.0 Å². The highest BCUT2D eigenvalue weighted by Crippen LogP contribution is 2.26. The SMILES string of the molecule is CCNC(=NCC1(N(C)C)CCOCC1)NCCCOCC1CCCO1.I. The highest BCUT2D eigenvalue weighted by molar-refractivity contribution is 14.0. The topological polar surface area (TPSA) is 67.4 Å². The number of nitrogens with zero attached hydrogens (tertiary/aromatic N) is 2. The first-order chi connectivity index (χ1) is 12.7. The molecule has 2 heterocycles. The summed E-state index contributed by atoms with van der Waals surface area (Å²) in [6.45, 7) is 8.60. The van der Waals surface area contributed by atoms with Crippen LogP contribution in [0.2, 0.25) is 0 Å². The molecule has 0 radical (unpaired) electrons. The molecule has 0 aliphatic carbocycles. The lowest BCUT2D eigenvalue weighted by Gasteiger charge is -2.41. The Hall–Kier alpha value is -0.160. The smallest absolute Gasteiger partial charge is 0.191 e. The Bertz CT molecular complexity index is 412. The van der Waals surface area contributed by atoms with Crippen LogP contribution in [0, 0.1) is 0 Å². The molecule has 0 bridgehead atoms. The first-order valence-corrected chi connectivity index (χ1v) is 10.1. The zero-order valence-electron chi connectivity index (χ0n) is 17.3. The minimum Gasteiger partial charge on any atom is -0.381 e. The Kier molecular flexibility index (Phi) is 12.8. The molecule has 0 saturated carbocycles. The summed E-state index contributed by atoms with van der Waals surface area (Å²) < 4.78 is 16.8. The van der Waals surface area contributed by atoms with E-state index in [-0.39, 0.29) is 29.5 Å². The van der Waals surface area contributed by atoms with Crippen molar-refractivity contribution in [2.24, 2.45) is 4.99 Å². The summed E-state index contributed by atoms with van der Waals surface area (Å²) in [5.74, 6) is 0.888. The average molecular weight is 498 g/mol. The van der Waals surface area contributed by atoms with Gasteiger partial charge in [-0.05, 0) is 53.1 Å². The second kappa shape index (κ2) is 13.9. The minimum absolute atomic E-state index is 0. The van der Waals surface area contributed by atoms with Crippen molar-refractivity contribution in [1.82, 2.24) is 15.5 Å². The van der Waals surface area contributed by atoms with Crippen molar-refractivity contribution < 1.29 is 14.2 Å². The summed E-state index contributed by atoms with van der Waals surface area (Å²) in [6.07, 6.45) is 5.62. The van der Waals surface area contributed by atoms with Crippen LogP contribution >= 0.6 is 24.0 Å². The van der Waals surface area contributed by atoms with Crippen molar-refractivity contribution in [3.05, 3.63) is 0 Å². The summed E-state index contributed by atoms with van der Waals surface area (Å²) in [4.78, 5) is 7.15. The predicted molar refractivity (Wildman–Crippen MR) is 120 cm³/mol. The van der Waals surface area contributed by atoms with Crippen LogP contribution < -0.4 is 10.6 Å². The number of aliphatic imine (C=N–C) groups is 1. The summed E-state index contributed by atoms with van der Waals surface area (Å²) >= 11 is 0. The molecule has 2 aliphatic rings. The molecule has 7 nitrogen and oxygen atoms in total. The third-order valence-corrected chi connectivity index (χ3v) is 5.33. The molecule has 160 valence electrons. The van der Waals surface area contributed by atoms with Gasteiger partial charge >= 0.3 is 0 Å². The number of likely N-dealkylation sites (N-methyl/N-ethyl adjacent to an activating group) is 1. The molecule has 2 aliphatic heterocycles. The van der Waals surface area contributed by atoms with Crippen LogP contribution in [0.1, 0.15) is 39.0 Å². The standard InChI is InChI=1S/C19H38N4O3.HI/c1-4-20-18(21-10-6-11-25-15-17-7-5-12-26-17)22-16-19(23(2)3)8-13-24-14-9-19;/h17H,4-16H2,1-3H3,(H2,20,21,22);1H. The van der Waals surface area contributed by atoms with E-state index >= 15 is 0 Å². The van der Waals surface area contributed by atoms with Crippen molar-refractivity contribution in [3.63, 3.8) is 0 Å². The molecule has 27 heavy (non-hydrogen) atoms. The van der Waals surface area contributed by atoms with Crippen LogP contribution in [-0.2, 0) is 14.2 Å². The van der Waals surface area contributed by atoms with Gasteiger partial charge in [-0.25, -0.2) is 0 Å². The molecule has 2 fully saturated rings. The zero-order chi connectivity index (χ0) is 18.7. The molecule has 1 unspecified atom stereocenters. The zero-order valence-corrected chi connectivity index (χ0v) is 19.6. The quantitative estimate of drug-likeness (QED) is 0.208. The van der Waals surface area contributed by atoms with Gasteiger partial charge in [-0.2, -0.15) is 0 Å². The van der Waals surface area contributed by atoms with Crippen LogP contribution in [0.5, 0.6) is 0 Å². The Morgan fingerprint density at radius 2 is 2.00 bits per heavy atom. The van der Waals surface area contributed by atoms with Gasteiger partial charge in [-0.1, -0.05) is 0 Å². The summed E-state index contributed by atoms with van der Waals surface area (Å²) in [5.41, 5.74) is 0.102. The van der Waals surface area contributed by atoms with Crippen LogP contribution in [0.3, 0.4) is 0 Å². The second-order valence-electron chi connectivity index (χ2n) is 7.42. The molecular weight excluding hydrogens is 459 g/mol. The molecule has 2 saturated heterocycles. The van der Waals surface area contributed by atoms with Gasteiger partial charge in [-0.3, -0.25) is 4.99 Å². The van der Waals surface area contributed by atoms with E-state index in [1.54, 1.807) is 0 Å². The Labute approximate surface area is 182 Å². The summed E-state index contributed by atoms with van der Waals surface area (Å²) in [7, 11) is 4.29. The maximum Gasteiger partial charge on any atom is 0.191 e. The maximum absolute atomic E-state index is 5.72. The van der Waals surface area contributed by atoms with Crippen molar-refractivity contribution in [2.45, 2.75) is 50.7 Å². The van der Waals surface area contributed by atoms with E-state index in [1.807, 2.05) is 0 Å². The largest absolute Gasteiger partial charge is 0.381 e. The van der Waals surface area contributed by atoms with E-state index in [2.05, 4.69) is 36.6 Å². The average Bonchev–Trinajstić information content (AvgIpc) is 3.16. The Morgan fingerprint density at radius 1 is 1.22 bits per heavy atom. The summed E-state index contributed by atoms with van der Waals surface area (Å²) in [5, 5.41) is 6.77. The third kappa shape index (κ3) is 8.81. The lowest BCUT2D eigenvalue weighted by Crippen LogP contribution is -2.51. The number of guanidine groups is 1. The number of ether oxygens (including phenoxy) is 3. The summed E-state index contributed by atoms with van der Waals surface area (Å²) in [6, 6.07) is 0. The number of halogens is 1. The lowest BCUT2D eigenvalue weighted by atomic mass is 9.89. The maximum atomic E-state index is 5.72. The molecular formula is C19H39IN4O3. The normalized spacial score (nSPS) is 22.5. The minimum atomic E-state index is 0. The van der Waals surface area contributed by atoms with Gasteiger partial charge in [0.2, 0.25) is 0 Å². The Morgan fingerprint density at radius 3 is 2.63 bits per heavy atom. The number of nitrogens with one attached hydrogen (secondary N) is 2. The fourth-order valence-corrected chi connectivity index (χ4v) is 3.44. The van der Waals surface area contributed by atoms with E-state index in [9.17, 15) is 0 Å². The highest BCUT2D eigenvalue weighted by atomic mass is 127. The molecule has 0 aromatic carbocycles. The van der Waals surface area contributed by atoms with E-state index < -0.39 is 0 Å². The van der Waals surface area contributed by atoms with E-state index in [4.69, 9.17) is 19.2 Å². The molecule has 0 aromatic rings. The van der Waals surface area contributed by atoms with Crippen molar-refractivity contribution >= 4 is 29.9 Å². The molecule has 0 spiro atoms. The number of hydrogen-bond donors (Lipinski definition) is 2. The van der Waals surface area contributed by atoms with Gasteiger partial charge < -0.3 is 29.7 Å². The number of rotatable bonds is 10. The monoisotopic (exact) mass is 498 g/mol. The highest BCUT2D eigenvalue weighted by Gasteiger charge is 2.34. The Balaban J connectivity index is 0.00000364. The molecule has 8 heteroatoms. The molecule has 1 atom stereocenters. The second-order valence-corrected chi connectivity index (χ2v) is 7.42. The fraction of sp³-hybridized carbons (Fsp3) is 0.947. The lowest BCUT2D eigenvalue weighted by molar-refractivity contribution is -0.00255. The first-order valence-electron chi connectivity index (χ1n) is 10.1. The van der Waals surface area contributed by atoms with Crippen LogP contribution in [0.4, 0.5) is 0 Å². The van der Waals surface area contributed by atoms with Crippen molar-refractivity contribution in [3.8, 4) is 0 Å². The van der Waals surface area contributed by atoms with Crippen LogP contribution in [-0.4, -0.2) is 89.3 Å². The van der Waals surface area contributed by atoms with Crippen LogP contribution in [0.25, 0.3) is 0 Å². The van der Waals surface area contributed by atoms with Crippen molar-refractivity contribution in [1.29, 1.82) is 0 Å². The molecule has 2 rings (SSSR count). The third-order valence-electron chi connectivity index (χ3n) is 5.33. The molecule has 0 aromatic heterocycles. The predicted octanol–water partition coefficient (Wildman–Crippen LogP) is 1.86. The van der Waals surface area contributed by atoms with Crippen molar-refractivity contribution in [2.75, 3.05) is 66.8 Å². The van der Waals surface area contributed by atoms with Gasteiger partial charge in [0, 0.05) is 45.1 Å². The van der Waals surface area contributed by atoms with Crippen LogP contribution in [0.15, 0.2) is 4.99 Å². The molecule has 0 amide bonds. The van der Waals surface area contributed by atoms with E-state index in [0.717, 1.165) is 84.3 Å². The van der Waals surface area contributed by atoms with Gasteiger partial charge in [0.15, 0.2) is 5.96 Å². The van der Waals surface area contributed by atoms with Gasteiger partial charge in [0.1, 0.15) is 0 Å². The van der Waals surface area contributed by atoms with E-state index in [0.29, 0.717) is 6.10 Å². The fourth-order valence-electron chi connectivity index (χ4n) is 3.44. The van der Waals surface area contributed by atoms with E-state index in [1.165, 1.54) is 6.42 Å². The first kappa shape index (κ1) is 24.9. The van der Waals surface area contributed by atoms with Gasteiger partial charge in [0.25, 0.3) is 0 Å².